The van der Waals surface area contributed by atoms with Crippen LogP contribution in [0, 0.1) is 5.41 Å². The summed E-state index contributed by atoms with van der Waals surface area (Å²) in [7, 11) is 1.60. The SMILES string of the molecule is COc1ccc(Cl)cc1[C@H]1NC(=O)OCC1(C)C.Cl. The zero-order valence-corrected chi connectivity index (χ0v) is 12.6. The molecule has 1 aliphatic rings. The van der Waals surface area contributed by atoms with Crippen molar-refractivity contribution >= 4 is 30.1 Å². The summed E-state index contributed by atoms with van der Waals surface area (Å²) in [5.74, 6) is 0.708. The normalized spacial score (nSPS) is 20.8. The molecule has 1 saturated heterocycles. The second-order valence-electron chi connectivity index (χ2n) is 5.03. The number of hydrogen-bond acceptors (Lipinski definition) is 3. The van der Waals surface area contributed by atoms with Gasteiger partial charge in [0, 0.05) is 16.0 Å². The molecule has 0 saturated carbocycles. The minimum absolute atomic E-state index is 0. The maximum absolute atomic E-state index is 11.4. The Morgan fingerprint density at radius 1 is 1.47 bits per heavy atom. The first kappa shape index (κ1) is 15.9. The van der Waals surface area contributed by atoms with Crippen molar-refractivity contribution < 1.29 is 14.3 Å². The molecular weight excluding hydrogens is 289 g/mol. The van der Waals surface area contributed by atoms with Crippen LogP contribution in [0.25, 0.3) is 0 Å². The maximum Gasteiger partial charge on any atom is 0.407 e. The standard InChI is InChI=1S/C13H16ClNO3.ClH/c1-13(2)7-18-12(16)15-11(13)9-6-8(14)4-5-10(9)17-3;/h4-6,11H,7H2,1-3H3,(H,15,16);1H/t11-;/m1./s1. The third-order valence-corrected chi connectivity index (χ3v) is 3.36. The molecular formula is C13H17Cl2NO3. The molecule has 1 heterocycles. The van der Waals surface area contributed by atoms with Gasteiger partial charge >= 0.3 is 6.09 Å². The van der Waals surface area contributed by atoms with E-state index in [1.165, 1.54) is 0 Å². The van der Waals surface area contributed by atoms with Gasteiger partial charge in [-0.25, -0.2) is 4.79 Å². The molecule has 19 heavy (non-hydrogen) atoms. The van der Waals surface area contributed by atoms with Gasteiger partial charge in [-0.05, 0) is 18.2 Å². The van der Waals surface area contributed by atoms with E-state index in [-0.39, 0.29) is 23.9 Å². The first-order valence-electron chi connectivity index (χ1n) is 5.71. The van der Waals surface area contributed by atoms with Crippen molar-refractivity contribution in [1.29, 1.82) is 0 Å². The zero-order valence-electron chi connectivity index (χ0n) is 11.0. The average Bonchev–Trinajstić information content (AvgIpc) is 2.32. The smallest absolute Gasteiger partial charge is 0.407 e. The molecule has 106 valence electrons. The number of alkyl carbamates (subject to hydrolysis) is 1. The molecule has 0 bridgehead atoms. The number of methoxy groups -OCH3 is 1. The fraction of sp³-hybridized carbons (Fsp3) is 0.462. The van der Waals surface area contributed by atoms with Gasteiger partial charge in [-0.1, -0.05) is 25.4 Å². The third-order valence-electron chi connectivity index (χ3n) is 3.12. The Bertz CT molecular complexity index is 477. The van der Waals surface area contributed by atoms with E-state index in [0.29, 0.717) is 17.4 Å². The Kier molecular flexibility index (Phi) is 4.93. The van der Waals surface area contributed by atoms with Crippen molar-refractivity contribution in [3.63, 3.8) is 0 Å². The van der Waals surface area contributed by atoms with E-state index in [1.807, 2.05) is 19.9 Å². The predicted molar refractivity (Wildman–Crippen MR) is 76.3 cm³/mol. The van der Waals surface area contributed by atoms with Crippen LogP contribution in [0.1, 0.15) is 25.5 Å². The van der Waals surface area contributed by atoms with Crippen molar-refractivity contribution in [2.45, 2.75) is 19.9 Å². The van der Waals surface area contributed by atoms with E-state index in [4.69, 9.17) is 21.1 Å². The lowest BCUT2D eigenvalue weighted by molar-refractivity contribution is 0.0381. The molecule has 1 amide bonds. The van der Waals surface area contributed by atoms with Gasteiger partial charge in [-0.3, -0.25) is 0 Å². The van der Waals surface area contributed by atoms with Crippen molar-refractivity contribution in [3.8, 4) is 5.75 Å². The van der Waals surface area contributed by atoms with Crippen molar-refractivity contribution in [3.05, 3.63) is 28.8 Å². The Balaban J connectivity index is 0.00000180. The average molecular weight is 306 g/mol. The van der Waals surface area contributed by atoms with Crippen LogP contribution in [-0.4, -0.2) is 19.8 Å². The Hall–Kier alpha value is -1.13. The topological polar surface area (TPSA) is 47.6 Å². The van der Waals surface area contributed by atoms with Gasteiger partial charge in [0.25, 0.3) is 0 Å². The van der Waals surface area contributed by atoms with Crippen LogP contribution in [0.2, 0.25) is 5.02 Å². The number of carbonyl (C=O) groups is 1. The van der Waals surface area contributed by atoms with Gasteiger partial charge in [0.15, 0.2) is 0 Å². The first-order chi connectivity index (χ1) is 8.44. The van der Waals surface area contributed by atoms with Gasteiger partial charge in [-0.2, -0.15) is 0 Å². The molecule has 4 nitrogen and oxygen atoms in total. The van der Waals surface area contributed by atoms with E-state index in [1.54, 1.807) is 19.2 Å². The van der Waals surface area contributed by atoms with Crippen molar-refractivity contribution in [1.82, 2.24) is 5.32 Å². The fourth-order valence-corrected chi connectivity index (χ4v) is 2.30. The van der Waals surface area contributed by atoms with Crippen LogP contribution in [0.15, 0.2) is 18.2 Å². The molecule has 0 aliphatic carbocycles. The molecule has 0 aromatic heterocycles. The summed E-state index contributed by atoms with van der Waals surface area (Å²) >= 11 is 6.02. The summed E-state index contributed by atoms with van der Waals surface area (Å²) in [5, 5.41) is 3.44. The van der Waals surface area contributed by atoms with E-state index in [2.05, 4.69) is 5.32 Å². The minimum Gasteiger partial charge on any atom is -0.496 e. The maximum atomic E-state index is 11.4. The van der Waals surface area contributed by atoms with Gasteiger partial charge in [-0.15, -0.1) is 12.4 Å². The minimum atomic E-state index is -0.415. The summed E-state index contributed by atoms with van der Waals surface area (Å²) in [4.78, 5) is 11.4. The molecule has 1 N–H and O–H groups in total. The highest BCUT2D eigenvalue weighted by atomic mass is 35.5. The van der Waals surface area contributed by atoms with Crippen LogP contribution >= 0.6 is 24.0 Å². The molecule has 1 fully saturated rings. The second-order valence-corrected chi connectivity index (χ2v) is 5.46. The quantitative estimate of drug-likeness (QED) is 0.908. The third kappa shape index (κ3) is 3.25. The van der Waals surface area contributed by atoms with Crippen molar-refractivity contribution in [2.24, 2.45) is 5.41 Å². The van der Waals surface area contributed by atoms with Crippen LogP contribution in [0.4, 0.5) is 4.79 Å². The summed E-state index contributed by atoms with van der Waals surface area (Å²) in [6.45, 7) is 4.41. The number of cyclic esters (lactones) is 1. The van der Waals surface area contributed by atoms with Crippen LogP contribution in [-0.2, 0) is 4.74 Å². The number of amides is 1. The number of hydrogen-bond donors (Lipinski definition) is 1. The van der Waals surface area contributed by atoms with Gasteiger partial charge in [0.05, 0.1) is 13.2 Å². The lowest BCUT2D eigenvalue weighted by atomic mass is 9.80. The number of ether oxygens (including phenoxy) is 2. The summed E-state index contributed by atoms with van der Waals surface area (Å²) < 4.78 is 10.4. The lowest BCUT2D eigenvalue weighted by Crippen LogP contribution is -2.47. The number of benzene rings is 1. The number of rotatable bonds is 2. The lowest BCUT2D eigenvalue weighted by Gasteiger charge is -2.39. The predicted octanol–water partition coefficient (Wildman–Crippen LogP) is 3.58. The number of halogens is 2. The number of nitrogens with one attached hydrogen (secondary N) is 1. The highest BCUT2D eigenvalue weighted by Gasteiger charge is 2.39. The second kappa shape index (κ2) is 5.88. The van der Waals surface area contributed by atoms with Crippen LogP contribution in [0.3, 0.4) is 0 Å². The molecule has 1 aromatic rings. The van der Waals surface area contributed by atoms with Gasteiger partial charge < -0.3 is 14.8 Å². The summed E-state index contributed by atoms with van der Waals surface area (Å²) in [6, 6.07) is 5.19. The molecule has 6 heteroatoms. The summed E-state index contributed by atoms with van der Waals surface area (Å²) in [6.07, 6.45) is -0.415. The number of carbonyl (C=O) groups excluding carboxylic acids is 1. The highest BCUT2D eigenvalue weighted by Crippen LogP contribution is 2.41. The molecule has 1 atom stereocenters. The fourth-order valence-electron chi connectivity index (χ4n) is 2.12. The largest absolute Gasteiger partial charge is 0.496 e. The monoisotopic (exact) mass is 305 g/mol. The van der Waals surface area contributed by atoms with Crippen LogP contribution < -0.4 is 10.1 Å². The Labute approximate surface area is 123 Å². The highest BCUT2D eigenvalue weighted by molar-refractivity contribution is 6.30. The van der Waals surface area contributed by atoms with Gasteiger partial charge in [0.2, 0.25) is 0 Å². The zero-order chi connectivity index (χ0) is 13.3. The Morgan fingerprint density at radius 3 is 2.79 bits per heavy atom. The molecule has 0 radical (unpaired) electrons. The molecule has 2 rings (SSSR count). The van der Waals surface area contributed by atoms with E-state index in [9.17, 15) is 4.79 Å². The van der Waals surface area contributed by atoms with E-state index >= 15 is 0 Å². The molecule has 0 unspecified atom stereocenters. The summed E-state index contributed by atoms with van der Waals surface area (Å²) in [5.41, 5.74) is 0.637. The van der Waals surface area contributed by atoms with E-state index < -0.39 is 6.09 Å². The molecule has 1 aromatic carbocycles. The molecule has 1 aliphatic heterocycles. The first-order valence-corrected chi connectivity index (χ1v) is 6.08. The van der Waals surface area contributed by atoms with Gasteiger partial charge in [0.1, 0.15) is 12.4 Å². The van der Waals surface area contributed by atoms with Crippen LogP contribution in [0.5, 0.6) is 5.75 Å². The van der Waals surface area contributed by atoms with E-state index in [0.717, 1.165) is 5.56 Å². The van der Waals surface area contributed by atoms with Crippen molar-refractivity contribution in [2.75, 3.05) is 13.7 Å². The molecule has 0 spiro atoms. The Morgan fingerprint density at radius 2 is 2.16 bits per heavy atom.